The number of likely N-dealkylation sites (tertiary alicyclic amines) is 1. The van der Waals surface area contributed by atoms with Crippen molar-refractivity contribution >= 4 is 28.7 Å². The molecule has 0 unspecified atom stereocenters. The molecule has 0 aromatic heterocycles. The van der Waals surface area contributed by atoms with Gasteiger partial charge in [-0.3, -0.25) is 4.90 Å². The molecule has 1 heterocycles. The average Bonchev–Trinajstić information content (AvgIpc) is 2.48. The molecule has 0 aliphatic carbocycles. The molecule has 1 aromatic carbocycles. The Morgan fingerprint density at radius 2 is 2.04 bits per heavy atom. The van der Waals surface area contributed by atoms with E-state index in [2.05, 4.69) is 32.8 Å². The monoisotopic (exact) mass is 448 g/mol. The van der Waals surface area contributed by atoms with Gasteiger partial charge in [0.25, 0.3) is 0 Å². The van der Waals surface area contributed by atoms with Gasteiger partial charge in [-0.25, -0.2) is 9.18 Å². The third kappa shape index (κ3) is 6.55. The summed E-state index contributed by atoms with van der Waals surface area (Å²) in [6.45, 7) is 8.70. The lowest BCUT2D eigenvalue weighted by atomic mass is 9.96. The number of halogens is 2. The fraction of sp³-hybridized carbons (Fsp3) is 0.611. The minimum atomic E-state index is -0.468. The number of hydrogen-bond acceptors (Lipinski definition) is 3. The first-order valence-electron chi connectivity index (χ1n) is 8.36. The fourth-order valence-electron chi connectivity index (χ4n) is 2.80. The van der Waals surface area contributed by atoms with Crippen LogP contribution in [0.5, 0.6) is 0 Å². The number of alkyl carbamates (subject to hydrolysis) is 1. The van der Waals surface area contributed by atoms with Gasteiger partial charge in [0.15, 0.2) is 0 Å². The summed E-state index contributed by atoms with van der Waals surface area (Å²) < 4.78 is 20.2. The van der Waals surface area contributed by atoms with E-state index >= 15 is 0 Å². The largest absolute Gasteiger partial charge is 0.444 e. The molecule has 0 atom stereocenters. The summed E-state index contributed by atoms with van der Waals surface area (Å²) in [5, 5.41) is 2.85. The zero-order chi connectivity index (χ0) is 17.7. The highest BCUT2D eigenvalue weighted by atomic mass is 127. The molecule has 1 N–H and O–H groups in total. The van der Waals surface area contributed by atoms with E-state index in [9.17, 15) is 9.18 Å². The van der Waals surface area contributed by atoms with Crippen LogP contribution in [0.2, 0.25) is 0 Å². The van der Waals surface area contributed by atoms with Crippen molar-refractivity contribution in [2.45, 2.75) is 45.8 Å². The Labute approximate surface area is 157 Å². The highest BCUT2D eigenvalue weighted by Crippen LogP contribution is 2.21. The van der Waals surface area contributed by atoms with Gasteiger partial charge < -0.3 is 10.1 Å². The van der Waals surface area contributed by atoms with E-state index in [1.54, 1.807) is 6.07 Å². The van der Waals surface area contributed by atoms with Crippen LogP contribution < -0.4 is 5.32 Å². The van der Waals surface area contributed by atoms with Gasteiger partial charge in [-0.15, -0.1) is 0 Å². The van der Waals surface area contributed by atoms with Crippen LogP contribution in [0.15, 0.2) is 18.2 Å². The van der Waals surface area contributed by atoms with Crippen LogP contribution in [-0.2, 0) is 11.3 Å². The number of rotatable bonds is 4. The molecule has 6 heteroatoms. The zero-order valence-corrected chi connectivity index (χ0v) is 16.7. The number of nitrogens with zero attached hydrogens (tertiary/aromatic N) is 1. The van der Waals surface area contributed by atoms with E-state index in [4.69, 9.17) is 4.74 Å². The number of carbonyl (C=O) groups excluding carboxylic acids is 1. The molecule has 2 rings (SSSR count). The molecule has 1 aromatic rings. The molecule has 134 valence electrons. The van der Waals surface area contributed by atoms with Crippen molar-refractivity contribution in [1.29, 1.82) is 0 Å². The van der Waals surface area contributed by atoms with E-state index in [0.29, 0.717) is 19.0 Å². The standard InChI is InChI=1S/C18H26FIN2O2/c1-18(2,3)24-17(23)21-11-13-6-8-22(9-7-13)12-14-10-15(20)4-5-16(14)19/h4-5,10,13H,6-9,11-12H2,1-3H3,(H,21,23). The Kier molecular flexibility index (Phi) is 6.86. The van der Waals surface area contributed by atoms with Crippen molar-refractivity contribution in [3.63, 3.8) is 0 Å². The van der Waals surface area contributed by atoms with E-state index in [1.807, 2.05) is 26.8 Å². The van der Waals surface area contributed by atoms with Gasteiger partial charge in [-0.1, -0.05) is 0 Å². The normalized spacial score (nSPS) is 16.9. The third-order valence-corrected chi connectivity index (χ3v) is 4.71. The van der Waals surface area contributed by atoms with Crippen LogP contribution >= 0.6 is 22.6 Å². The van der Waals surface area contributed by atoms with Crippen molar-refractivity contribution in [2.75, 3.05) is 19.6 Å². The predicted octanol–water partition coefficient (Wildman–Crippen LogP) is 4.17. The first kappa shape index (κ1) is 19.4. The second-order valence-electron chi connectivity index (χ2n) is 7.34. The topological polar surface area (TPSA) is 41.6 Å². The van der Waals surface area contributed by atoms with Gasteiger partial charge in [0.05, 0.1) is 0 Å². The predicted molar refractivity (Wildman–Crippen MR) is 101 cm³/mol. The molecule has 0 spiro atoms. The Morgan fingerprint density at radius 1 is 1.38 bits per heavy atom. The summed E-state index contributed by atoms with van der Waals surface area (Å²) in [7, 11) is 0. The number of amides is 1. The lowest BCUT2D eigenvalue weighted by Gasteiger charge is -2.32. The molecular weight excluding hydrogens is 422 g/mol. The summed E-state index contributed by atoms with van der Waals surface area (Å²) in [6, 6.07) is 5.23. The summed E-state index contributed by atoms with van der Waals surface area (Å²) in [5.74, 6) is 0.318. The summed E-state index contributed by atoms with van der Waals surface area (Å²) in [4.78, 5) is 14.0. The number of ether oxygens (including phenoxy) is 1. The Morgan fingerprint density at radius 3 is 2.67 bits per heavy atom. The lowest BCUT2D eigenvalue weighted by Crippen LogP contribution is -2.40. The number of benzene rings is 1. The summed E-state index contributed by atoms with van der Waals surface area (Å²) in [6.07, 6.45) is 1.65. The molecule has 0 bridgehead atoms. The fourth-order valence-corrected chi connectivity index (χ4v) is 3.35. The minimum Gasteiger partial charge on any atom is -0.444 e. The molecule has 1 aliphatic heterocycles. The van der Waals surface area contributed by atoms with Crippen LogP contribution in [0.25, 0.3) is 0 Å². The quantitative estimate of drug-likeness (QED) is 0.704. The highest BCUT2D eigenvalue weighted by molar-refractivity contribution is 14.1. The van der Waals surface area contributed by atoms with E-state index in [1.165, 1.54) is 6.07 Å². The maximum absolute atomic E-state index is 13.9. The zero-order valence-electron chi connectivity index (χ0n) is 14.6. The number of nitrogens with one attached hydrogen (secondary N) is 1. The Hall–Kier alpha value is -0.890. The van der Waals surface area contributed by atoms with Crippen molar-refractivity contribution in [2.24, 2.45) is 5.92 Å². The minimum absolute atomic E-state index is 0.135. The van der Waals surface area contributed by atoms with Gasteiger partial charge >= 0.3 is 6.09 Å². The summed E-state index contributed by atoms with van der Waals surface area (Å²) in [5.41, 5.74) is 0.289. The van der Waals surface area contributed by atoms with Crippen LogP contribution in [0.1, 0.15) is 39.2 Å². The van der Waals surface area contributed by atoms with E-state index in [0.717, 1.165) is 35.1 Å². The first-order chi connectivity index (χ1) is 11.2. The second kappa shape index (κ2) is 8.47. The second-order valence-corrected chi connectivity index (χ2v) is 8.58. The van der Waals surface area contributed by atoms with Crippen LogP contribution in [0.4, 0.5) is 9.18 Å². The molecule has 24 heavy (non-hydrogen) atoms. The molecule has 0 radical (unpaired) electrons. The third-order valence-electron chi connectivity index (χ3n) is 4.04. The summed E-state index contributed by atoms with van der Waals surface area (Å²) >= 11 is 2.21. The van der Waals surface area contributed by atoms with Gasteiger partial charge in [-0.05, 0) is 93.4 Å². The average molecular weight is 448 g/mol. The maximum atomic E-state index is 13.9. The maximum Gasteiger partial charge on any atom is 0.407 e. The number of hydrogen-bond donors (Lipinski definition) is 1. The van der Waals surface area contributed by atoms with E-state index in [-0.39, 0.29) is 11.9 Å². The molecular formula is C18H26FIN2O2. The Balaban J connectivity index is 1.73. The van der Waals surface area contributed by atoms with Gasteiger partial charge in [-0.2, -0.15) is 0 Å². The van der Waals surface area contributed by atoms with E-state index < -0.39 is 5.60 Å². The van der Waals surface area contributed by atoms with Crippen LogP contribution in [0.3, 0.4) is 0 Å². The molecule has 1 aliphatic rings. The van der Waals surface area contributed by atoms with Crippen molar-refractivity contribution in [1.82, 2.24) is 10.2 Å². The highest BCUT2D eigenvalue weighted by Gasteiger charge is 2.22. The molecule has 1 amide bonds. The molecule has 0 saturated carbocycles. The number of piperidine rings is 1. The lowest BCUT2D eigenvalue weighted by molar-refractivity contribution is 0.0509. The smallest absolute Gasteiger partial charge is 0.407 e. The Bertz CT molecular complexity index is 567. The number of carbonyl (C=O) groups is 1. The van der Waals surface area contributed by atoms with Crippen molar-refractivity contribution in [3.8, 4) is 0 Å². The van der Waals surface area contributed by atoms with Gasteiger partial charge in [0.1, 0.15) is 11.4 Å². The first-order valence-corrected chi connectivity index (χ1v) is 9.44. The molecule has 1 saturated heterocycles. The van der Waals surface area contributed by atoms with Crippen molar-refractivity contribution in [3.05, 3.63) is 33.1 Å². The molecule has 1 fully saturated rings. The van der Waals surface area contributed by atoms with Crippen LogP contribution in [-0.4, -0.2) is 36.2 Å². The van der Waals surface area contributed by atoms with Gasteiger partial charge in [0.2, 0.25) is 0 Å². The van der Waals surface area contributed by atoms with Crippen LogP contribution in [0, 0.1) is 15.3 Å². The van der Waals surface area contributed by atoms with Crippen molar-refractivity contribution < 1.29 is 13.9 Å². The SMILES string of the molecule is CC(C)(C)OC(=O)NCC1CCN(Cc2cc(I)ccc2F)CC1. The molecule has 4 nitrogen and oxygen atoms in total. The van der Waals surface area contributed by atoms with Gasteiger partial charge in [0, 0.05) is 22.2 Å².